The van der Waals surface area contributed by atoms with E-state index in [-0.39, 0.29) is 40.2 Å². The van der Waals surface area contributed by atoms with Crippen LogP contribution < -0.4 is 0 Å². The number of hydrogen-bond acceptors (Lipinski definition) is 27. The molecule has 4 saturated heterocycles. The second-order valence-corrected chi connectivity index (χ2v) is 20.0. The second kappa shape index (κ2) is 31.5. The summed E-state index contributed by atoms with van der Waals surface area (Å²) in [5.74, 6) is -5.75. The normalized spacial score (nSPS) is 35.4. The van der Waals surface area contributed by atoms with Crippen molar-refractivity contribution in [3.05, 3.63) is 58.2 Å². The second-order valence-electron chi connectivity index (χ2n) is 20.0. The van der Waals surface area contributed by atoms with Crippen molar-refractivity contribution in [3.63, 3.8) is 0 Å². The third-order valence-electron chi connectivity index (χ3n) is 13.8. The first kappa shape index (κ1) is 68.4. The first-order valence-electron chi connectivity index (χ1n) is 26.4. The van der Waals surface area contributed by atoms with Crippen LogP contribution in [0, 0.1) is 5.92 Å². The quantitative estimate of drug-likeness (QED) is 0.0361. The molecule has 27 heteroatoms. The van der Waals surface area contributed by atoms with Gasteiger partial charge in [0, 0.05) is 34.3 Å². The number of aliphatic hydroxyl groups excluding tert-OH is 8. The Bertz CT molecular complexity index is 2310. The molecule has 0 spiro atoms. The van der Waals surface area contributed by atoms with Crippen molar-refractivity contribution in [1.29, 1.82) is 0 Å². The molecule has 0 aromatic carbocycles. The first-order chi connectivity index (χ1) is 38.2. The zero-order valence-corrected chi connectivity index (χ0v) is 47.4. The molecule has 0 saturated carbocycles. The monoisotopic (exact) mass is 1160 g/mol. The summed E-state index contributed by atoms with van der Waals surface area (Å²) in [4.78, 5) is 78.4. The molecule has 4 rings (SSSR count). The molecule has 0 amide bonds. The highest BCUT2D eigenvalue weighted by molar-refractivity contribution is 5.89. The Labute approximate surface area is 468 Å². The van der Waals surface area contributed by atoms with Gasteiger partial charge in [0.25, 0.3) is 0 Å². The van der Waals surface area contributed by atoms with Gasteiger partial charge in [-0.15, -0.1) is 0 Å². The van der Waals surface area contributed by atoms with Crippen molar-refractivity contribution in [3.8, 4) is 0 Å². The molecule has 0 radical (unpaired) electrons. The van der Waals surface area contributed by atoms with E-state index in [4.69, 9.17) is 61.6 Å². The average Bonchev–Trinajstić information content (AvgIpc) is 3.45. The summed E-state index contributed by atoms with van der Waals surface area (Å²) < 4.78 is 75.9. The molecule has 20 atom stereocenters. The summed E-state index contributed by atoms with van der Waals surface area (Å²) in [5.41, 5.74) is 0.426. The van der Waals surface area contributed by atoms with Crippen LogP contribution in [0.25, 0.3) is 0 Å². The van der Waals surface area contributed by atoms with E-state index >= 15 is 0 Å². The van der Waals surface area contributed by atoms with Crippen molar-refractivity contribution < 1.29 is 131 Å². The molecular weight excluding hydrogens is 1080 g/mol. The van der Waals surface area contributed by atoms with Crippen LogP contribution in [0.3, 0.4) is 0 Å². The van der Waals surface area contributed by atoms with Crippen LogP contribution in [-0.4, -0.2) is 226 Å². The third-order valence-corrected chi connectivity index (χ3v) is 13.8. The number of carbonyl (C=O) groups excluding carboxylic acids is 6. The zero-order chi connectivity index (χ0) is 60.7. The minimum atomic E-state index is -2.22. The third kappa shape index (κ3) is 17.5. The predicted molar refractivity (Wildman–Crippen MR) is 274 cm³/mol. The van der Waals surface area contributed by atoms with Crippen LogP contribution in [0.4, 0.5) is 0 Å². The summed E-state index contributed by atoms with van der Waals surface area (Å²) in [5, 5.41) is 92.4. The van der Waals surface area contributed by atoms with Gasteiger partial charge in [-0.25, -0.2) is 24.0 Å². The van der Waals surface area contributed by atoms with E-state index in [0.29, 0.717) is 0 Å². The lowest BCUT2D eigenvalue weighted by molar-refractivity contribution is -0.414. The SMILES string of the molecule is C/C=C(\C)C(=O)OC[C@@H]1O[C@@H](OC2O[C@@H](COC(=O)/C(C)=C/C)[C@H](O)[C@@H](O)[C@@H]2O[C@H]2O[C@@H](CO)[C@H](OC(=O)CC(C)C)[C@@H](OC(=O)/C(C)=C/C)[C@@H]2O)[C@@H](O[C@H]2O[C@@H](CO)[C@H](OC(=O)/C(C)=C/C)[C@@H](OC(=O)/C(C)=C/C)[C@@H]2O)[C@H](O)[C@H]1O. The van der Waals surface area contributed by atoms with Crippen molar-refractivity contribution in [2.24, 2.45) is 5.92 Å². The van der Waals surface area contributed by atoms with Gasteiger partial charge in [0.2, 0.25) is 0 Å². The molecule has 27 nitrogen and oxygen atoms in total. The van der Waals surface area contributed by atoms with Gasteiger partial charge in [-0.3, -0.25) is 4.79 Å². The van der Waals surface area contributed by atoms with Crippen LogP contribution in [-0.2, 0) is 90.3 Å². The van der Waals surface area contributed by atoms with E-state index in [0.717, 1.165) is 0 Å². The average molecular weight is 1160 g/mol. The van der Waals surface area contributed by atoms with E-state index in [9.17, 15) is 69.6 Å². The van der Waals surface area contributed by atoms with E-state index in [1.54, 1.807) is 27.7 Å². The standard InChI is InChI=1S/C54H80O27/c1-13-24(8)46(64)69-21-31-34(58)36(60)44(79-51-38(62)42(77-49(67)27(11)16-4)40(29(19-55)71-51)75-33(57)18-23(6)7)53(73-31)81-54-45(37(61)35(59)32(74-54)22-70-47(65)25(9)14-2)80-52-39(63)43(78-50(68)28(12)17-5)41(30(20-56)72-52)76-48(66)26(10)15-3/h13-17,23,29-32,34-45,51-56,58-63H,18-22H2,1-12H3/b24-13+,25-14+,26-15+,27-16+,28-17+/t29-,30-,31-,32-,34-,35-,36+,37+,38-,39-,40-,41-,42-,43-,44-,45-,51+,52+,53?,54-/m0/s1. The van der Waals surface area contributed by atoms with Gasteiger partial charge < -0.3 is 102 Å². The van der Waals surface area contributed by atoms with Crippen molar-refractivity contribution >= 4 is 35.8 Å². The molecule has 0 aliphatic carbocycles. The number of esters is 6. The minimum absolute atomic E-state index is 0.0373. The van der Waals surface area contributed by atoms with Gasteiger partial charge in [0.1, 0.15) is 86.5 Å². The van der Waals surface area contributed by atoms with Gasteiger partial charge in [-0.2, -0.15) is 0 Å². The van der Waals surface area contributed by atoms with Crippen LogP contribution in [0.5, 0.6) is 0 Å². The molecule has 4 heterocycles. The van der Waals surface area contributed by atoms with Crippen LogP contribution in [0.15, 0.2) is 58.2 Å². The molecule has 0 aromatic heterocycles. The Kier molecular flexibility index (Phi) is 26.6. The summed E-state index contributed by atoms with van der Waals surface area (Å²) in [6.07, 6.45) is -32.8. The maximum Gasteiger partial charge on any atom is 0.333 e. The highest BCUT2D eigenvalue weighted by Gasteiger charge is 2.58. The molecule has 81 heavy (non-hydrogen) atoms. The molecule has 4 aliphatic rings. The van der Waals surface area contributed by atoms with Gasteiger partial charge in [0.15, 0.2) is 49.6 Å². The summed E-state index contributed by atoms with van der Waals surface area (Å²) >= 11 is 0. The van der Waals surface area contributed by atoms with Gasteiger partial charge in [-0.05, 0) is 75.2 Å². The smallest absolute Gasteiger partial charge is 0.333 e. The first-order valence-corrected chi connectivity index (χ1v) is 26.4. The number of rotatable bonds is 23. The lowest BCUT2D eigenvalue weighted by Crippen LogP contribution is -2.68. The topological polar surface area (TPSA) is 384 Å². The van der Waals surface area contributed by atoms with Crippen LogP contribution in [0.1, 0.15) is 89.5 Å². The number of aliphatic hydroxyl groups is 8. The fourth-order valence-corrected chi connectivity index (χ4v) is 8.21. The van der Waals surface area contributed by atoms with E-state index in [1.807, 2.05) is 0 Å². The van der Waals surface area contributed by atoms with Gasteiger partial charge in [-0.1, -0.05) is 44.2 Å². The Morgan fingerprint density at radius 1 is 0.395 bits per heavy atom. The van der Waals surface area contributed by atoms with Crippen molar-refractivity contribution in [2.45, 2.75) is 212 Å². The lowest BCUT2D eigenvalue weighted by Gasteiger charge is -2.49. The molecule has 8 N–H and O–H groups in total. The Morgan fingerprint density at radius 2 is 0.704 bits per heavy atom. The Hall–Kier alpha value is -5.08. The Morgan fingerprint density at radius 3 is 1.02 bits per heavy atom. The largest absolute Gasteiger partial charge is 0.459 e. The number of ether oxygens (including phenoxy) is 13. The van der Waals surface area contributed by atoms with Crippen LogP contribution >= 0.6 is 0 Å². The molecule has 458 valence electrons. The van der Waals surface area contributed by atoms with Crippen molar-refractivity contribution in [2.75, 3.05) is 26.4 Å². The predicted octanol–water partition coefficient (Wildman–Crippen LogP) is -0.566. The van der Waals surface area contributed by atoms with E-state index in [1.165, 1.54) is 85.8 Å². The molecule has 4 aliphatic heterocycles. The highest BCUT2D eigenvalue weighted by atomic mass is 16.8. The highest BCUT2D eigenvalue weighted by Crippen LogP contribution is 2.37. The van der Waals surface area contributed by atoms with Gasteiger partial charge in [0.05, 0.1) is 13.2 Å². The molecule has 0 aromatic rings. The maximum absolute atomic E-state index is 13.3. The summed E-state index contributed by atoms with van der Waals surface area (Å²) in [6.45, 7) is 14.6. The number of carbonyl (C=O) groups is 6. The summed E-state index contributed by atoms with van der Waals surface area (Å²) in [6, 6.07) is 0. The zero-order valence-electron chi connectivity index (χ0n) is 47.4. The lowest BCUT2D eigenvalue weighted by atomic mass is 9.96. The van der Waals surface area contributed by atoms with Gasteiger partial charge >= 0.3 is 35.8 Å². The molecule has 0 bridgehead atoms. The maximum atomic E-state index is 13.3. The van der Waals surface area contributed by atoms with Crippen molar-refractivity contribution in [1.82, 2.24) is 0 Å². The Balaban J connectivity index is 1.87. The molecule has 4 fully saturated rings. The fourth-order valence-electron chi connectivity index (χ4n) is 8.21. The minimum Gasteiger partial charge on any atom is -0.459 e. The summed E-state index contributed by atoms with van der Waals surface area (Å²) in [7, 11) is 0. The molecular formula is C54H80O27. The van der Waals surface area contributed by atoms with E-state index < -0.39 is 185 Å². The number of allylic oxidation sites excluding steroid dienone is 5. The van der Waals surface area contributed by atoms with Crippen LogP contribution in [0.2, 0.25) is 0 Å². The van der Waals surface area contributed by atoms with E-state index in [2.05, 4.69) is 0 Å². The fraction of sp³-hybridized carbons (Fsp3) is 0.704. The molecule has 1 unspecified atom stereocenters. The number of hydrogen-bond donors (Lipinski definition) is 8.